The minimum Gasteiger partial charge on any atom is -0.353 e. The molecule has 0 atom stereocenters. The average molecular weight is 246 g/mol. The van der Waals surface area contributed by atoms with Crippen LogP contribution < -0.4 is 5.32 Å². The summed E-state index contributed by atoms with van der Waals surface area (Å²) in [5.74, 6) is -0.585. The van der Waals surface area contributed by atoms with E-state index < -0.39 is 25.9 Å². The molecule has 0 heterocycles. The molecule has 0 bridgehead atoms. The van der Waals surface area contributed by atoms with Crippen molar-refractivity contribution in [3.05, 3.63) is 0 Å². The topological polar surface area (TPSA) is 87.0 Å². The van der Waals surface area contributed by atoms with Crippen molar-refractivity contribution in [1.82, 2.24) is 5.32 Å². The van der Waals surface area contributed by atoms with Gasteiger partial charge in [0.05, 0.1) is 11.5 Å². The predicted molar refractivity (Wildman–Crippen MR) is 61.3 cm³/mol. The lowest BCUT2D eigenvalue weighted by Crippen LogP contribution is -2.49. The zero-order chi connectivity index (χ0) is 13.2. The van der Waals surface area contributed by atoms with E-state index in [0.29, 0.717) is 0 Å². The first kappa shape index (κ1) is 14.9. The fourth-order valence-electron chi connectivity index (χ4n) is 0.722. The van der Waals surface area contributed by atoms with Gasteiger partial charge in [-0.2, -0.15) is 5.26 Å². The van der Waals surface area contributed by atoms with Crippen LogP contribution in [-0.4, -0.2) is 31.9 Å². The van der Waals surface area contributed by atoms with Gasteiger partial charge in [-0.25, -0.2) is 8.42 Å². The molecule has 0 aromatic rings. The highest BCUT2D eigenvalue weighted by Gasteiger charge is 2.38. The number of amides is 1. The predicted octanol–water partition coefficient (Wildman–Crippen LogP) is 0.476. The van der Waals surface area contributed by atoms with E-state index in [1.807, 2.05) is 6.07 Å². The molecular weight excluding hydrogens is 228 g/mol. The summed E-state index contributed by atoms with van der Waals surface area (Å²) in [7, 11) is -3.47. The number of nitrogens with zero attached hydrogens (tertiary/aromatic N) is 1. The molecule has 0 spiro atoms. The molecule has 1 N–H and O–H groups in total. The molecule has 1 amide bonds. The van der Waals surface area contributed by atoms with Gasteiger partial charge in [-0.1, -0.05) is 0 Å². The first-order chi connectivity index (χ1) is 6.94. The maximum Gasteiger partial charge on any atom is 0.240 e. The number of carbonyl (C=O) groups excluding carboxylic acids is 1. The normalized spacial score (nSPS) is 13.0. The first-order valence-corrected chi connectivity index (χ1v) is 6.72. The van der Waals surface area contributed by atoms with Crippen LogP contribution >= 0.6 is 0 Å². The monoisotopic (exact) mass is 246 g/mol. The average Bonchev–Trinajstić information content (AvgIpc) is 2.12. The van der Waals surface area contributed by atoms with Crippen LogP contribution in [0.25, 0.3) is 0 Å². The minimum absolute atomic E-state index is 0.126. The summed E-state index contributed by atoms with van der Waals surface area (Å²) >= 11 is 0. The molecule has 0 fully saturated rings. The molecule has 0 saturated heterocycles. The maximum atomic E-state index is 11.7. The van der Waals surface area contributed by atoms with E-state index in [9.17, 15) is 13.2 Å². The van der Waals surface area contributed by atoms with Crippen LogP contribution in [-0.2, 0) is 14.6 Å². The van der Waals surface area contributed by atoms with E-state index in [2.05, 4.69) is 5.32 Å². The molecule has 6 heteroatoms. The zero-order valence-corrected chi connectivity index (χ0v) is 11.1. The fraction of sp³-hybridized carbons (Fsp3) is 0.800. The molecule has 0 aliphatic carbocycles. The lowest BCUT2D eigenvalue weighted by molar-refractivity contribution is -0.123. The lowest BCUT2D eigenvalue weighted by atomic mass is 9.96. The van der Waals surface area contributed by atoms with E-state index in [-0.39, 0.29) is 6.54 Å². The van der Waals surface area contributed by atoms with Crippen molar-refractivity contribution in [3.63, 3.8) is 0 Å². The second-order valence-corrected chi connectivity index (χ2v) is 7.53. The maximum absolute atomic E-state index is 11.7. The van der Waals surface area contributed by atoms with Gasteiger partial charge in [0.1, 0.15) is 4.75 Å². The molecule has 16 heavy (non-hydrogen) atoms. The minimum atomic E-state index is -3.47. The molecule has 0 aliphatic rings. The van der Waals surface area contributed by atoms with Gasteiger partial charge in [0, 0.05) is 12.8 Å². The Morgan fingerprint density at radius 1 is 1.31 bits per heavy atom. The molecular formula is C10H18N2O3S. The van der Waals surface area contributed by atoms with Crippen molar-refractivity contribution in [3.8, 4) is 6.07 Å². The molecule has 0 aliphatic heterocycles. The van der Waals surface area contributed by atoms with Crippen LogP contribution in [0.5, 0.6) is 0 Å². The Kier molecular flexibility index (Phi) is 4.12. The van der Waals surface area contributed by atoms with E-state index in [1.165, 1.54) is 13.8 Å². The molecule has 0 unspecified atom stereocenters. The Morgan fingerprint density at radius 2 is 1.75 bits per heavy atom. The van der Waals surface area contributed by atoms with Crippen molar-refractivity contribution >= 4 is 15.7 Å². The number of nitrogens with one attached hydrogen (secondary N) is 1. The second kappa shape index (κ2) is 4.42. The summed E-state index contributed by atoms with van der Waals surface area (Å²) in [6.45, 7) is 6.15. The number of hydrogen-bond donors (Lipinski definition) is 1. The summed E-state index contributed by atoms with van der Waals surface area (Å²) in [6.07, 6.45) is 1.02. The van der Waals surface area contributed by atoms with E-state index in [4.69, 9.17) is 5.26 Å². The number of hydrogen-bond acceptors (Lipinski definition) is 4. The van der Waals surface area contributed by atoms with E-state index in [1.54, 1.807) is 13.8 Å². The Labute approximate surface area is 96.8 Å². The molecule has 0 radical (unpaired) electrons. The van der Waals surface area contributed by atoms with Gasteiger partial charge in [-0.3, -0.25) is 4.79 Å². The van der Waals surface area contributed by atoms with Crippen LogP contribution in [0.4, 0.5) is 0 Å². The van der Waals surface area contributed by atoms with Crippen molar-refractivity contribution < 1.29 is 13.2 Å². The van der Waals surface area contributed by atoms with Crippen molar-refractivity contribution in [2.45, 2.75) is 32.4 Å². The fourth-order valence-corrected chi connectivity index (χ4v) is 1.13. The van der Waals surface area contributed by atoms with Gasteiger partial charge in [0.2, 0.25) is 5.91 Å². The highest BCUT2D eigenvalue weighted by Crippen LogP contribution is 2.16. The Morgan fingerprint density at radius 3 is 2.06 bits per heavy atom. The smallest absolute Gasteiger partial charge is 0.240 e. The Bertz CT molecular complexity index is 416. The Balaban J connectivity index is 4.71. The molecule has 0 rings (SSSR count). The van der Waals surface area contributed by atoms with Gasteiger partial charge < -0.3 is 5.32 Å². The van der Waals surface area contributed by atoms with Crippen LogP contribution in [0.3, 0.4) is 0 Å². The lowest BCUT2D eigenvalue weighted by Gasteiger charge is -2.24. The zero-order valence-electron chi connectivity index (χ0n) is 10.3. The van der Waals surface area contributed by atoms with Crippen molar-refractivity contribution in [1.29, 1.82) is 5.26 Å². The summed E-state index contributed by atoms with van der Waals surface area (Å²) < 4.78 is 21.3. The van der Waals surface area contributed by atoms with Crippen LogP contribution in [0.2, 0.25) is 0 Å². The molecule has 0 saturated carbocycles. The second-order valence-electron chi connectivity index (χ2n) is 4.96. The van der Waals surface area contributed by atoms with Crippen LogP contribution in [0, 0.1) is 16.7 Å². The molecule has 5 nitrogen and oxygen atoms in total. The summed E-state index contributed by atoms with van der Waals surface area (Å²) in [4.78, 5) is 11.7. The van der Waals surface area contributed by atoms with Gasteiger partial charge in [-0.05, 0) is 27.7 Å². The third-order valence-electron chi connectivity index (χ3n) is 2.47. The standard InChI is InChI=1S/C10H18N2O3S/c1-9(2,6-11)7-12-8(13)10(3,4)16(5,14)15/h7H2,1-5H3,(H,12,13). The molecule has 0 aromatic carbocycles. The molecule has 0 aromatic heterocycles. The third kappa shape index (κ3) is 3.49. The quantitative estimate of drug-likeness (QED) is 0.781. The summed E-state index contributed by atoms with van der Waals surface area (Å²) in [6, 6.07) is 2.02. The van der Waals surface area contributed by atoms with Gasteiger partial charge >= 0.3 is 0 Å². The van der Waals surface area contributed by atoms with Crippen molar-refractivity contribution in [2.24, 2.45) is 5.41 Å². The van der Waals surface area contributed by atoms with Crippen LogP contribution in [0.1, 0.15) is 27.7 Å². The third-order valence-corrected chi connectivity index (χ3v) is 4.51. The SMILES string of the molecule is CC(C)(C#N)CNC(=O)C(C)(C)S(C)(=O)=O. The first-order valence-electron chi connectivity index (χ1n) is 4.83. The van der Waals surface area contributed by atoms with Gasteiger partial charge in [0.25, 0.3) is 0 Å². The number of nitriles is 1. The molecule has 92 valence electrons. The largest absolute Gasteiger partial charge is 0.353 e. The van der Waals surface area contributed by atoms with E-state index >= 15 is 0 Å². The van der Waals surface area contributed by atoms with E-state index in [0.717, 1.165) is 6.26 Å². The number of rotatable bonds is 4. The van der Waals surface area contributed by atoms with Gasteiger partial charge in [-0.15, -0.1) is 0 Å². The number of carbonyl (C=O) groups is 1. The van der Waals surface area contributed by atoms with Gasteiger partial charge in [0.15, 0.2) is 9.84 Å². The van der Waals surface area contributed by atoms with Crippen molar-refractivity contribution in [2.75, 3.05) is 12.8 Å². The Hall–Kier alpha value is -1.09. The highest BCUT2D eigenvalue weighted by atomic mass is 32.2. The summed E-state index contributed by atoms with van der Waals surface area (Å²) in [5.41, 5.74) is -0.705. The summed E-state index contributed by atoms with van der Waals surface area (Å²) in [5, 5.41) is 11.2. The number of sulfone groups is 1. The van der Waals surface area contributed by atoms with Crippen LogP contribution in [0.15, 0.2) is 0 Å². The highest BCUT2D eigenvalue weighted by molar-refractivity contribution is 7.92.